The molecule has 1 heteroatoms. The van der Waals surface area contributed by atoms with Crippen molar-refractivity contribution in [2.45, 2.75) is 39.7 Å². The first-order valence-corrected chi connectivity index (χ1v) is 4.07. The molecule has 0 saturated heterocycles. The molecule has 1 aliphatic rings. The Labute approximate surface area is 69.0 Å². The van der Waals surface area contributed by atoms with Crippen molar-refractivity contribution in [3.05, 3.63) is 22.8 Å². The van der Waals surface area contributed by atoms with Crippen molar-refractivity contribution < 1.29 is 0 Å². The van der Waals surface area contributed by atoms with E-state index in [1.54, 1.807) is 0 Å². The normalized spacial score (nSPS) is 32.3. The zero-order valence-corrected chi connectivity index (χ0v) is 7.86. The zero-order valence-electron chi connectivity index (χ0n) is 7.86. The van der Waals surface area contributed by atoms with Crippen LogP contribution in [0.1, 0.15) is 34.1 Å². The van der Waals surface area contributed by atoms with Gasteiger partial charge in [-0.25, -0.2) is 0 Å². The van der Waals surface area contributed by atoms with Gasteiger partial charge in [0.2, 0.25) is 0 Å². The van der Waals surface area contributed by atoms with E-state index >= 15 is 0 Å². The Morgan fingerprint density at radius 1 is 1.36 bits per heavy atom. The van der Waals surface area contributed by atoms with Gasteiger partial charge in [-0.2, -0.15) is 0 Å². The molecule has 0 fully saturated rings. The molecule has 1 aliphatic carbocycles. The number of hydrogen-bond acceptors (Lipinski definition) is 1. The fourth-order valence-corrected chi connectivity index (χ4v) is 1.44. The fraction of sp³-hybridized carbons (Fsp3) is 0.600. The predicted molar refractivity (Wildman–Crippen MR) is 49.3 cm³/mol. The average Bonchev–Trinajstić information content (AvgIpc) is 1.83. The topological polar surface area (TPSA) is 26.0 Å². The van der Waals surface area contributed by atoms with E-state index in [2.05, 4.69) is 33.8 Å². The second kappa shape index (κ2) is 2.49. The van der Waals surface area contributed by atoms with Gasteiger partial charge in [0.25, 0.3) is 0 Å². The monoisotopic (exact) mass is 151 g/mol. The molecule has 1 rings (SSSR count). The minimum Gasteiger partial charge on any atom is -0.322 e. The standard InChI is InChI=1S/C10H17N/c1-7-5-9(3)10(4,11)6-8(7)2/h5H,6,11H2,1-4H3. The van der Waals surface area contributed by atoms with E-state index in [0.717, 1.165) is 6.42 Å². The van der Waals surface area contributed by atoms with Crippen molar-refractivity contribution in [1.29, 1.82) is 0 Å². The van der Waals surface area contributed by atoms with Crippen molar-refractivity contribution in [2.75, 3.05) is 0 Å². The lowest BCUT2D eigenvalue weighted by Crippen LogP contribution is -2.39. The Hall–Kier alpha value is -0.560. The molecule has 0 radical (unpaired) electrons. The third-order valence-corrected chi connectivity index (χ3v) is 2.64. The molecule has 62 valence electrons. The highest BCUT2D eigenvalue weighted by molar-refractivity contribution is 5.37. The van der Waals surface area contributed by atoms with Crippen molar-refractivity contribution >= 4 is 0 Å². The van der Waals surface area contributed by atoms with Gasteiger partial charge in [-0.1, -0.05) is 22.8 Å². The summed E-state index contributed by atoms with van der Waals surface area (Å²) in [5, 5.41) is 0. The van der Waals surface area contributed by atoms with Crippen LogP contribution in [0.4, 0.5) is 0 Å². The number of hydrogen-bond donors (Lipinski definition) is 1. The lowest BCUT2D eigenvalue weighted by molar-refractivity contribution is 0.533. The van der Waals surface area contributed by atoms with E-state index in [4.69, 9.17) is 5.73 Å². The fourth-order valence-electron chi connectivity index (χ4n) is 1.44. The quantitative estimate of drug-likeness (QED) is 0.565. The highest BCUT2D eigenvalue weighted by atomic mass is 14.7. The van der Waals surface area contributed by atoms with Crippen LogP contribution in [0.25, 0.3) is 0 Å². The summed E-state index contributed by atoms with van der Waals surface area (Å²) in [6.45, 7) is 8.50. The van der Waals surface area contributed by atoms with E-state index in [1.165, 1.54) is 16.7 Å². The highest BCUT2D eigenvalue weighted by Gasteiger charge is 2.24. The Balaban J connectivity index is 3.01. The second-order valence-electron chi connectivity index (χ2n) is 3.88. The first kappa shape index (κ1) is 8.54. The van der Waals surface area contributed by atoms with Gasteiger partial charge < -0.3 is 5.73 Å². The molecule has 11 heavy (non-hydrogen) atoms. The number of rotatable bonds is 0. The van der Waals surface area contributed by atoms with Crippen molar-refractivity contribution in [2.24, 2.45) is 5.73 Å². The van der Waals surface area contributed by atoms with Crippen LogP contribution >= 0.6 is 0 Å². The van der Waals surface area contributed by atoms with Gasteiger partial charge in [0.05, 0.1) is 0 Å². The van der Waals surface area contributed by atoms with Gasteiger partial charge in [-0.15, -0.1) is 0 Å². The largest absolute Gasteiger partial charge is 0.322 e. The van der Waals surface area contributed by atoms with Crippen LogP contribution in [-0.4, -0.2) is 5.54 Å². The molecular formula is C10H17N. The van der Waals surface area contributed by atoms with Crippen LogP contribution in [0.2, 0.25) is 0 Å². The second-order valence-corrected chi connectivity index (χ2v) is 3.88. The Morgan fingerprint density at radius 3 is 2.36 bits per heavy atom. The third kappa shape index (κ3) is 1.54. The van der Waals surface area contributed by atoms with E-state index in [0.29, 0.717) is 0 Å². The molecule has 0 amide bonds. The molecule has 0 spiro atoms. The van der Waals surface area contributed by atoms with Gasteiger partial charge >= 0.3 is 0 Å². The van der Waals surface area contributed by atoms with Gasteiger partial charge in [-0.05, 0) is 34.1 Å². The summed E-state index contributed by atoms with van der Waals surface area (Å²) in [6.07, 6.45) is 3.19. The van der Waals surface area contributed by atoms with Crippen LogP contribution in [0, 0.1) is 0 Å². The lowest BCUT2D eigenvalue weighted by Gasteiger charge is -2.30. The minimum atomic E-state index is -0.108. The highest BCUT2D eigenvalue weighted by Crippen LogP contribution is 2.29. The Morgan fingerprint density at radius 2 is 1.91 bits per heavy atom. The van der Waals surface area contributed by atoms with Gasteiger partial charge in [-0.3, -0.25) is 0 Å². The molecule has 1 atom stereocenters. The summed E-state index contributed by atoms with van der Waals surface area (Å²) in [5.74, 6) is 0. The Bertz CT molecular complexity index is 231. The van der Waals surface area contributed by atoms with E-state index in [-0.39, 0.29) is 5.54 Å². The Kier molecular flexibility index (Phi) is 1.93. The zero-order chi connectivity index (χ0) is 8.65. The van der Waals surface area contributed by atoms with Gasteiger partial charge in [0, 0.05) is 5.54 Å². The summed E-state index contributed by atoms with van der Waals surface area (Å²) in [6, 6.07) is 0. The molecule has 2 N–H and O–H groups in total. The summed E-state index contributed by atoms with van der Waals surface area (Å²) >= 11 is 0. The summed E-state index contributed by atoms with van der Waals surface area (Å²) in [7, 11) is 0. The first-order valence-electron chi connectivity index (χ1n) is 4.07. The van der Waals surface area contributed by atoms with Crippen LogP contribution < -0.4 is 5.73 Å². The summed E-state index contributed by atoms with van der Waals surface area (Å²) < 4.78 is 0. The number of nitrogens with two attached hydrogens (primary N) is 1. The number of allylic oxidation sites excluding steroid dienone is 2. The lowest BCUT2D eigenvalue weighted by atomic mass is 9.81. The molecule has 0 aliphatic heterocycles. The first-order chi connectivity index (χ1) is 4.93. The smallest absolute Gasteiger partial charge is 0.0378 e. The SMILES string of the molecule is CC1=CC(C)=C(C)CC1(C)N. The molecule has 0 heterocycles. The van der Waals surface area contributed by atoms with Gasteiger partial charge in [0.1, 0.15) is 0 Å². The van der Waals surface area contributed by atoms with Crippen LogP contribution in [-0.2, 0) is 0 Å². The van der Waals surface area contributed by atoms with Gasteiger partial charge in [0.15, 0.2) is 0 Å². The molecule has 0 aromatic rings. The predicted octanol–water partition coefficient (Wildman–Crippen LogP) is 2.39. The maximum absolute atomic E-state index is 6.07. The van der Waals surface area contributed by atoms with Crippen LogP contribution in [0.3, 0.4) is 0 Å². The summed E-state index contributed by atoms with van der Waals surface area (Å²) in [5.41, 5.74) is 10.1. The molecule has 0 aromatic heterocycles. The van der Waals surface area contributed by atoms with Crippen molar-refractivity contribution in [3.63, 3.8) is 0 Å². The molecule has 0 saturated carbocycles. The molecule has 1 nitrogen and oxygen atoms in total. The van der Waals surface area contributed by atoms with E-state index < -0.39 is 0 Å². The molecule has 0 bridgehead atoms. The summed E-state index contributed by atoms with van der Waals surface area (Å²) in [4.78, 5) is 0. The van der Waals surface area contributed by atoms with Crippen LogP contribution in [0.5, 0.6) is 0 Å². The van der Waals surface area contributed by atoms with Crippen LogP contribution in [0.15, 0.2) is 22.8 Å². The molecule has 1 unspecified atom stereocenters. The maximum atomic E-state index is 6.07. The molecule has 0 aromatic carbocycles. The minimum absolute atomic E-state index is 0.108. The molecular weight excluding hydrogens is 134 g/mol. The van der Waals surface area contributed by atoms with E-state index in [1.807, 2.05) is 0 Å². The maximum Gasteiger partial charge on any atom is 0.0378 e. The van der Waals surface area contributed by atoms with Crippen molar-refractivity contribution in [3.8, 4) is 0 Å². The third-order valence-electron chi connectivity index (χ3n) is 2.64. The van der Waals surface area contributed by atoms with E-state index in [9.17, 15) is 0 Å². The van der Waals surface area contributed by atoms with Crippen molar-refractivity contribution in [1.82, 2.24) is 0 Å². The average molecular weight is 151 g/mol.